The van der Waals surface area contributed by atoms with Gasteiger partial charge in [0.2, 0.25) is 0 Å². The molecule has 2 aromatic rings. The fraction of sp³-hybridized carbons (Fsp3) is 0.250. The highest BCUT2D eigenvalue weighted by Crippen LogP contribution is 2.19. The normalized spacial score (nSPS) is 13.8. The summed E-state index contributed by atoms with van der Waals surface area (Å²) in [6.45, 7) is 0.361. The Morgan fingerprint density at radius 2 is 2.10 bits per heavy atom. The van der Waals surface area contributed by atoms with Crippen molar-refractivity contribution in [2.24, 2.45) is 0 Å². The van der Waals surface area contributed by atoms with E-state index in [0.717, 1.165) is 18.5 Å². The van der Waals surface area contributed by atoms with Crippen molar-refractivity contribution in [3.63, 3.8) is 0 Å². The summed E-state index contributed by atoms with van der Waals surface area (Å²) in [6, 6.07) is 10.3. The summed E-state index contributed by atoms with van der Waals surface area (Å²) in [7, 11) is 0. The lowest BCUT2D eigenvalue weighted by Gasteiger charge is -2.09. The van der Waals surface area contributed by atoms with Gasteiger partial charge in [0, 0.05) is 30.0 Å². The summed E-state index contributed by atoms with van der Waals surface area (Å²) >= 11 is 0. The van der Waals surface area contributed by atoms with E-state index < -0.39 is 0 Å². The molecule has 3 rings (SSSR count). The predicted molar refractivity (Wildman–Crippen MR) is 78.5 cm³/mol. The Bertz CT molecular complexity index is 655. The number of hydrogen-bond donors (Lipinski definition) is 2. The minimum atomic E-state index is -0.245. The number of benzene rings is 1. The molecular formula is C16H16FN3O. The largest absolute Gasteiger partial charge is 0.381 e. The standard InChI is InChI=1S/C16H16FN3O/c17-14-4-2-1-3-11(14)10-19-13-7-8-18-15(9-13)16(21)20-12-5-6-12/h1-4,7-9,12H,5-6,10H2,(H,18,19)(H,20,21). The lowest BCUT2D eigenvalue weighted by molar-refractivity contribution is 0.0946. The van der Waals surface area contributed by atoms with Crippen LogP contribution in [0.4, 0.5) is 10.1 Å². The number of carbonyl (C=O) groups is 1. The SMILES string of the molecule is O=C(NC1CC1)c1cc(NCc2ccccc2F)ccn1. The predicted octanol–water partition coefficient (Wildman–Crippen LogP) is 2.73. The molecule has 1 fully saturated rings. The summed E-state index contributed by atoms with van der Waals surface area (Å²) < 4.78 is 13.5. The summed E-state index contributed by atoms with van der Waals surface area (Å²) in [6.07, 6.45) is 3.65. The Morgan fingerprint density at radius 1 is 1.29 bits per heavy atom. The number of halogens is 1. The lowest BCUT2D eigenvalue weighted by Crippen LogP contribution is -2.26. The van der Waals surface area contributed by atoms with Gasteiger partial charge in [0.25, 0.3) is 5.91 Å². The number of nitrogens with one attached hydrogen (secondary N) is 2. The molecule has 1 aliphatic carbocycles. The van der Waals surface area contributed by atoms with Gasteiger partial charge >= 0.3 is 0 Å². The van der Waals surface area contributed by atoms with Gasteiger partial charge in [-0.25, -0.2) is 4.39 Å². The van der Waals surface area contributed by atoms with E-state index in [0.29, 0.717) is 23.8 Å². The molecule has 108 valence electrons. The monoisotopic (exact) mass is 285 g/mol. The molecule has 0 aliphatic heterocycles. The summed E-state index contributed by atoms with van der Waals surface area (Å²) in [4.78, 5) is 16.0. The van der Waals surface area contributed by atoms with E-state index in [-0.39, 0.29) is 11.7 Å². The third kappa shape index (κ3) is 3.56. The van der Waals surface area contributed by atoms with Crippen molar-refractivity contribution in [1.82, 2.24) is 10.3 Å². The molecule has 1 saturated carbocycles. The van der Waals surface area contributed by atoms with Crippen LogP contribution in [-0.2, 0) is 6.54 Å². The highest BCUT2D eigenvalue weighted by molar-refractivity contribution is 5.93. The van der Waals surface area contributed by atoms with Crippen LogP contribution >= 0.6 is 0 Å². The fourth-order valence-electron chi connectivity index (χ4n) is 1.99. The van der Waals surface area contributed by atoms with E-state index in [1.54, 1.807) is 36.5 Å². The zero-order chi connectivity index (χ0) is 14.7. The first-order chi connectivity index (χ1) is 10.2. The maximum Gasteiger partial charge on any atom is 0.270 e. The number of amides is 1. The van der Waals surface area contributed by atoms with Crippen LogP contribution in [0.25, 0.3) is 0 Å². The van der Waals surface area contributed by atoms with Crippen LogP contribution in [0, 0.1) is 5.82 Å². The summed E-state index contributed by atoms with van der Waals surface area (Å²) in [5.74, 6) is -0.405. The fourth-order valence-corrected chi connectivity index (χ4v) is 1.99. The molecule has 21 heavy (non-hydrogen) atoms. The minimum Gasteiger partial charge on any atom is -0.381 e. The number of hydrogen-bond acceptors (Lipinski definition) is 3. The zero-order valence-corrected chi connectivity index (χ0v) is 11.5. The average Bonchev–Trinajstić information content (AvgIpc) is 3.31. The maximum absolute atomic E-state index is 13.5. The van der Waals surface area contributed by atoms with Crippen molar-refractivity contribution >= 4 is 11.6 Å². The first-order valence-electron chi connectivity index (χ1n) is 6.96. The van der Waals surface area contributed by atoms with Crippen LogP contribution < -0.4 is 10.6 Å². The Morgan fingerprint density at radius 3 is 2.86 bits per heavy atom. The Kier molecular flexibility index (Phi) is 3.81. The molecule has 5 heteroatoms. The highest BCUT2D eigenvalue weighted by Gasteiger charge is 2.24. The Balaban J connectivity index is 1.65. The first-order valence-corrected chi connectivity index (χ1v) is 6.96. The van der Waals surface area contributed by atoms with Crippen molar-refractivity contribution in [3.05, 3.63) is 59.7 Å². The molecule has 0 unspecified atom stereocenters. The average molecular weight is 285 g/mol. The molecule has 1 aliphatic rings. The number of anilines is 1. The van der Waals surface area contributed by atoms with Crippen molar-refractivity contribution in [2.75, 3.05) is 5.32 Å². The first kappa shape index (κ1) is 13.5. The second-order valence-electron chi connectivity index (χ2n) is 5.12. The molecule has 0 radical (unpaired) electrons. The molecule has 1 aromatic carbocycles. The van der Waals surface area contributed by atoms with E-state index in [9.17, 15) is 9.18 Å². The van der Waals surface area contributed by atoms with Crippen LogP contribution in [0.15, 0.2) is 42.6 Å². The van der Waals surface area contributed by atoms with Crippen LogP contribution in [0.3, 0.4) is 0 Å². The van der Waals surface area contributed by atoms with Crippen molar-refractivity contribution in [2.45, 2.75) is 25.4 Å². The van der Waals surface area contributed by atoms with Crippen molar-refractivity contribution in [3.8, 4) is 0 Å². The van der Waals surface area contributed by atoms with E-state index in [4.69, 9.17) is 0 Å². The molecule has 1 aromatic heterocycles. The van der Waals surface area contributed by atoms with Crippen LogP contribution in [-0.4, -0.2) is 16.9 Å². The number of carbonyl (C=O) groups excluding carboxylic acids is 1. The third-order valence-electron chi connectivity index (χ3n) is 3.35. The minimum absolute atomic E-state index is 0.160. The van der Waals surface area contributed by atoms with Gasteiger partial charge in [-0.05, 0) is 31.0 Å². The molecular weight excluding hydrogens is 269 g/mol. The van der Waals surface area contributed by atoms with Crippen molar-refractivity contribution in [1.29, 1.82) is 0 Å². The maximum atomic E-state index is 13.5. The second-order valence-corrected chi connectivity index (χ2v) is 5.12. The number of aromatic nitrogens is 1. The zero-order valence-electron chi connectivity index (χ0n) is 11.5. The van der Waals surface area contributed by atoms with Gasteiger partial charge in [-0.3, -0.25) is 9.78 Å². The van der Waals surface area contributed by atoms with Gasteiger partial charge in [-0.15, -0.1) is 0 Å². The number of rotatable bonds is 5. The van der Waals surface area contributed by atoms with Gasteiger partial charge in [-0.1, -0.05) is 18.2 Å². The van der Waals surface area contributed by atoms with Gasteiger partial charge in [0.05, 0.1) is 0 Å². The Labute approximate surface area is 122 Å². The van der Waals surface area contributed by atoms with E-state index in [2.05, 4.69) is 15.6 Å². The summed E-state index contributed by atoms with van der Waals surface area (Å²) in [5, 5.41) is 6.00. The van der Waals surface area contributed by atoms with E-state index >= 15 is 0 Å². The molecule has 0 atom stereocenters. The molecule has 0 spiro atoms. The van der Waals surface area contributed by atoms with Gasteiger partial charge in [0.1, 0.15) is 11.5 Å². The lowest BCUT2D eigenvalue weighted by atomic mass is 10.2. The Hall–Kier alpha value is -2.43. The van der Waals surface area contributed by atoms with E-state index in [1.807, 2.05) is 0 Å². The second kappa shape index (κ2) is 5.91. The smallest absolute Gasteiger partial charge is 0.270 e. The van der Waals surface area contributed by atoms with Crippen LogP contribution in [0.1, 0.15) is 28.9 Å². The van der Waals surface area contributed by atoms with E-state index in [1.165, 1.54) is 6.07 Å². The van der Waals surface area contributed by atoms with Crippen molar-refractivity contribution < 1.29 is 9.18 Å². The third-order valence-corrected chi connectivity index (χ3v) is 3.35. The molecule has 2 N–H and O–H groups in total. The quantitative estimate of drug-likeness (QED) is 0.888. The molecule has 1 amide bonds. The molecule has 0 bridgehead atoms. The van der Waals surface area contributed by atoms with Gasteiger partial charge in [0.15, 0.2) is 0 Å². The molecule has 4 nitrogen and oxygen atoms in total. The summed E-state index contributed by atoms with van der Waals surface area (Å²) in [5.41, 5.74) is 1.70. The van der Waals surface area contributed by atoms with Crippen LogP contribution in [0.2, 0.25) is 0 Å². The topological polar surface area (TPSA) is 54.0 Å². The van der Waals surface area contributed by atoms with Gasteiger partial charge < -0.3 is 10.6 Å². The number of pyridine rings is 1. The van der Waals surface area contributed by atoms with Crippen LogP contribution in [0.5, 0.6) is 0 Å². The highest BCUT2D eigenvalue weighted by atomic mass is 19.1. The number of nitrogens with zero attached hydrogens (tertiary/aromatic N) is 1. The molecule has 0 saturated heterocycles. The molecule has 1 heterocycles. The van der Waals surface area contributed by atoms with Gasteiger partial charge in [-0.2, -0.15) is 0 Å².